The quantitative estimate of drug-likeness (QED) is 0.301. The molecule has 0 spiro atoms. The van der Waals surface area contributed by atoms with E-state index in [0.29, 0.717) is 63.3 Å². The molecule has 10 heteroatoms. The first-order chi connectivity index (χ1) is 17.1. The molecule has 0 bridgehead atoms. The lowest BCUT2D eigenvalue weighted by atomic mass is 10.1. The van der Waals surface area contributed by atoms with Gasteiger partial charge in [-0.3, -0.25) is 0 Å². The molecule has 1 N–H and O–H groups in total. The fraction of sp³-hybridized carbons (Fsp3) is 0.240. The predicted octanol–water partition coefficient (Wildman–Crippen LogP) is 6.55. The number of para-hydroxylation sites is 1. The molecule has 35 heavy (non-hydrogen) atoms. The highest BCUT2D eigenvalue weighted by molar-refractivity contribution is 6.41. The van der Waals surface area contributed by atoms with Crippen molar-refractivity contribution in [3.63, 3.8) is 0 Å². The molecule has 0 radical (unpaired) electrons. The normalized spacial score (nSPS) is 15.3. The van der Waals surface area contributed by atoms with Crippen LogP contribution in [0, 0.1) is 0 Å². The summed E-state index contributed by atoms with van der Waals surface area (Å²) in [5.41, 5.74) is 2.47. The Morgan fingerprint density at radius 1 is 1.03 bits per heavy atom. The first-order valence-corrected chi connectivity index (χ1v) is 11.7. The van der Waals surface area contributed by atoms with Gasteiger partial charge < -0.3 is 34.8 Å². The first kappa shape index (κ1) is 23.4. The summed E-state index contributed by atoms with van der Waals surface area (Å²) in [7, 11) is 3.06. The smallest absolute Gasteiger partial charge is 0.141 e. The predicted molar refractivity (Wildman–Crippen MR) is 138 cm³/mol. The molecule has 4 aromatic rings. The lowest BCUT2D eigenvalue weighted by Gasteiger charge is -2.20. The van der Waals surface area contributed by atoms with Gasteiger partial charge in [-0.15, -0.1) is 0 Å². The molecule has 0 saturated carbocycles. The molecular formula is C25H22Cl2N5O3-. The fourth-order valence-corrected chi connectivity index (χ4v) is 4.56. The molecule has 2 aromatic heterocycles. The molecule has 0 aliphatic carbocycles. The standard InChI is InChI=1S/C25H22Cl2N5O3/c1-33-18-11-19(34-2)22(27)20(21(18)26)17-10-14-12-28-25(30-16-8-9-35-13-16)32-23(14)24(31-17)29-15-6-4-3-5-7-15/h3-7,10-12,16H,8-9,13H2,1-2H3,(H-,28,29,30,31,32)/q-1. The SMILES string of the molecule is COc1cc(OC)c(Cl)c(-c2cc3cnc([N-]C4CCOC4)nc3c(Nc3ccccc3)n2)c1Cl. The Kier molecular flexibility index (Phi) is 6.77. The van der Waals surface area contributed by atoms with Crippen molar-refractivity contribution < 1.29 is 14.2 Å². The van der Waals surface area contributed by atoms with Crippen LogP contribution in [-0.4, -0.2) is 48.4 Å². The molecular weight excluding hydrogens is 489 g/mol. The van der Waals surface area contributed by atoms with Crippen molar-refractivity contribution in [3.8, 4) is 22.8 Å². The van der Waals surface area contributed by atoms with E-state index in [1.165, 1.54) is 14.2 Å². The van der Waals surface area contributed by atoms with Crippen LogP contribution < -0.4 is 14.8 Å². The second kappa shape index (κ2) is 10.1. The minimum Gasteiger partial charge on any atom is -0.495 e. The first-order valence-electron chi connectivity index (χ1n) is 11.0. The van der Waals surface area contributed by atoms with E-state index in [1.54, 1.807) is 12.3 Å². The number of fused-ring (bicyclic) bond motifs is 1. The number of ether oxygens (including phenoxy) is 3. The highest BCUT2D eigenvalue weighted by atomic mass is 35.5. The van der Waals surface area contributed by atoms with Crippen molar-refractivity contribution in [3.05, 3.63) is 64.0 Å². The number of aromatic nitrogens is 3. The molecule has 5 rings (SSSR count). The van der Waals surface area contributed by atoms with Gasteiger partial charge in [0, 0.05) is 41.4 Å². The average molecular weight is 511 g/mol. The third-order valence-electron chi connectivity index (χ3n) is 5.62. The Hall–Kier alpha value is -3.33. The van der Waals surface area contributed by atoms with Crippen LogP contribution in [0.2, 0.25) is 10.0 Å². The van der Waals surface area contributed by atoms with Gasteiger partial charge in [0.25, 0.3) is 0 Å². The van der Waals surface area contributed by atoms with Crippen LogP contribution in [0.5, 0.6) is 11.5 Å². The summed E-state index contributed by atoms with van der Waals surface area (Å²) >= 11 is 13.4. The van der Waals surface area contributed by atoms with Crippen molar-refractivity contribution in [2.75, 3.05) is 32.8 Å². The molecule has 1 aliphatic rings. The van der Waals surface area contributed by atoms with Crippen LogP contribution >= 0.6 is 23.2 Å². The highest BCUT2D eigenvalue weighted by Crippen LogP contribution is 2.46. The van der Waals surface area contributed by atoms with E-state index < -0.39 is 0 Å². The average Bonchev–Trinajstić information content (AvgIpc) is 3.38. The summed E-state index contributed by atoms with van der Waals surface area (Å²) < 4.78 is 16.3. The highest BCUT2D eigenvalue weighted by Gasteiger charge is 2.21. The van der Waals surface area contributed by atoms with Gasteiger partial charge in [-0.25, -0.2) is 4.98 Å². The summed E-state index contributed by atoms with van der Waals surface area (Å²) in [4.78, 5) is 14.0. The van der Waals surface area contributed by atoms with E-state index in [4.69, 9.17) is 47.4 Å². The van der Waals surface area contributed by atoms with Gasteiger partial charge in [-0.05, 0) is 36.2 Å². The molecule has 2 aromatic carbocycles. The van der Waals surface area contributed by atoms with Crippen LogP contribution in [0.4, 0.5) is 17.5 Å². The second-order valence-electron chi connectivity index (χ2n) is 7.89. The number of pyridine rings is 1. The number of benzene rings is 2. The van der Waals surface area contributed by atoms with Gasteiger partial charge in [0.05, 0.1) is 36.6 Å². The van der Waals surface area contributed by atoms with E-state index >= 15 is 0 Å². The molecule has 1 saturated heterocycles. The number of halogens is 2. The van der Waals surface area contributed by atoms with Crippen LogP contribution in [0.25, 0.3) is 27.5 Å². The molecule has 3 heterocycles. The van der Waals surface area contributed by atoms with E-state index in [1.807, 2.05) is 36.4 Å². The fourth-order valence-electron chi connectivity index (χ4n) is 3.86. The summed E-state index contributed by atoms with van der Waals surface area (Å²) in [6.45, 7) is 1.27. The molecule has 180 valence electrons. The number of anilines is 2. The largest absolute Gasteiger partial charge is 0.495 e. The third-order valence-corrected chi connectivity index (χ3v) is 6.37. The van der Waals surface area contributed by atoms with Crippen molar-refractivity contribution in [1.82, 2.24) is 15.0 Å². The van der Waals surface area contributed by atoms with E-state index in [2.05, 4.69) is 15.6 Å². The number of hydrogen-bond donors (Lipinski definition) is 1. The third kappa shape index (κ3) is 4.77. The van der Waals surface area contributed by atoms with E-state index in [0.717, 1.165) is 17.5 Å². The molecule has 1 fully saturated rings. The summed E-state index contributed by atoms with van der Waals surface area (Å²) in [5.74, 6) is 1.75. The Balaban J connectivity index is 1.67. The number of rotatable bonds is 7. The molecule has 1 unspecified atom stereocenters. The lowest BCUT2D eigenvalue weighted by molar-refractivity contribution is 0.196. The Morgan fingerprint density at radius 3 is 2.43 bits per heavy atom. The van der Waals surface area contributed by atoms with Crippen LogP contribution in [-0.2, 0) is 4.74 Å². The molecule has 0 amide bonds. The van der Waals surface area contributed by atoms with E-state index in [-0.39, 0.29) is 6.04 Å². The van der Waals surface area contributed by atoms with Crippen LogP contribution in [0.1, 0.15) is 6.42 Å². The van der Waals surface area contributed by atoms with Gasteiger partial charge >= 0.3 is 0 Å². The number of methoxy groups -OCH3 is 2. The summed E-state index contributed by atoms with van der Waals surface area (Å²) in [6.07, 6.45) is 2.57. The van der Waals surface area contributed by atoms with Crippen LogP contribution in [0.3, 0.4) is 0 Å². The Labute approximate surface area is 212 Å². The van der Waals surface area contributed by atoms with Crippen molar-refractivity contribution in [1.29, 1.82) is 0 Å². The number of nitrogens with one attached hydrogen (secondary N) is 1. The van der Waals surface area contributed by atoms with Crippen molar-refractivity contribution >= 4 is 51.6 Å². The van der Waals surface area contributed by atoms with Crippen molar-refractivity contribution in [2.24, 2.45) is 0 Å². The zero-order valence-electron chi connectivity index (χ0n) is 19.1. The minimum absolute atomic E-state index is 0.0482. The Bertz CT molecular complexity index is 1340. The molecule has 1 atom stereocenters. The minimum atomic E-state index is 0.0482. The summed E-state index contributed by atoms with van der Waals surface area (Å²) in [6, 6.07) is 13.2. The maximum absolute atomic E-state index is 6.68. The number of hydrogen-bond acceptors (Lipinski definition) is 7. The van der Waals surface area contributed by atoms with Gasteiger partial charge in [0.15, 0.2) is 0 Å². The summed E-state index contributed by atoms with van der Waals surface area (Å²) in [5, 5.41) is 9.38. The van der Waals surface area contributed by atoms with Gasteiger partial charge in [0.1, 0.15) is 17.3 Å². The molecule has 1 aliphatic heterocycles. The zero-order chi connectivity index (χ0) is 24.4. The van der Waals surface area contributed by atoms with Gasteiger partial charge in [0.2, 0.25) is 0 Å². The maximum atomic E-state index is 6.68. The monoisotopic (exact) mass is 510 g/mol. The number of nitrogens with zero attached hydrogens (tertiary/aromatic N) is 4. The van der Waals surface area contributed by atoms with Gasteiger partial charge in [-0.1, -0.05) is 41.4 Å². The van der Waals surface area contributed by atoms with E-state index in [9.17, 15) is 0 Å². The Morgan fingerprint density at radius 2 is 1.77 bits per heavy atom. The maximum Gasteiger partial charge on any atom is 0.141 e. The molecule has 8 nitrogen and oxygen atoms in total. The van der Waals surface area contributed by atoms with Crippen LogP contribution in [0.15, 0.2) is 48.7 Å². The topological polar surface area (TPSA) is 92.5 Å². The van der Waals surface area contributed by atoms with Crippen molar-refractivity contribution in [2.45, 2.75) is 12.5 Å². The second-order valence-corrected chi connectivity index (χ2v) is 8.64. The van der Waals surface area contributed by atoms with Gasteiger partial charge in [-0.2, -0.15) is 0 Å². The lowest BCUT2D eigenvalue weighted by Crippen LogP contribution is -2.05. The zero-order valence-corrected chi connectivity index (χ0v) is 20.6.